The zero-order valence-corrected chi connectivity index (χ0v) is 13.9. The molecule has 1 nitrogen and oxygen atoms in total. The Kier molecular flexibility index (Phi) is 3.02. The van der Waals surface area contributed by atoms with Gasteiger partial charge in [0.25, 0.3) is 0 Å². The van der Waals surface area contributed by atoms with E-state index in [9.17, 15) is 0 Å². The van der Waals surface area contributed by atoms with Crippen molar-refractivity contribution >= 4 is 5.69 Å². The number of nitrogens with zero attached hydrogens (tertiary/aromatic N) is 1. The van der Waals surface area contributed by atoms with Crippen LogP contribution in [0.15, 0.2) is 78.9 Å². The van der Waals surface area contributed by atoms with Crippen LogP contribution in [0.5, 0.6) is 0 Å². The third-order valence-electron chi connectivity index (χ3n) is 5.89. The van der Waals surface area contributed by atoms with Gasteiger partial charge in [0, 0.05) is 18.7 Å². The van der Waals surface area contributed by atoms with Crippen LogP contribution in [0, 0.1) is 5.92 Å². The summed E-state index contributed by atoms with van der Waals surface area (Å²) in [5.41, 5.74) is 7.33. The van der Waals surface area contributed by atoms with Crippen molar-refractivity contribution < 1.29 is 0 Å². The Balaban J connectivity index is 1.74. The number of benzene rings is 3. The van der Waals surface area contributed by atoms with E-state index in [2.05, 4.69) is 90.8 Å². The van der Waals surface area contributed by atoms with Crippen LogP contribution in [-0.2, 0) is 6.42 Å². The zero-order chi connectivity index (χ0) is 16.1. The predicted molar refractivity (Wildman–Crippen MR) is 99.5 cm³/mol. The average Bonchev–Trinajstić information content (AvgIpc) is 3.02. The number of fused-ring (bicyclic) bond motifs is 4. The number of hydrogen-bond donors (Lipinski definition) is 0. The first-order chi connectivity index (χ1) is 11.8. The van der Waals surface area contributed by atoms with Gasteiger partial charge in [-0.15, -0.1) is 0 Å². The van der Waals surface area contributed by atoms with Gasteiger partial charge in [-0.2, -0.15) is 0 Å². The second-order valence-electron chi connectivity index (χ2n) is 7.07. The summed E-state index contributed by atoms with van der Waals surface area (Å²) in [6.07, 6.45) is 1.17. The molecule has 3 aromatic carbocycles. The van der Waals surface area contributed by atoms with E-state index in [1.807, 2.05) is 0 Å². The molecule has 2 aliphatic rings. The molecule has 1 heteroatoms. The lowest BCUT2D eigenvalue weighted by atomic mass is 9.73. The molecule has 5 rings (SSSR count). The van der Waals surface area contributed by atoms with E-state index in [1.54, 1.807) is 0 Å². The highest BCUT2D eigenvalue weighted by molar-refractivity contribution is 5.63. The van der Waals surface area contributed by atoms with Crippen LogP contribution in [0.4, 0.5) is 5.69 Å². The lowest BCUT2D eigenvalue weighted by Crippen LogP contribution is -2.37. The zero-order valence-electron chi connectivity index (χ0n) is 13.9. The standard InChI is InChI=1S/C23H21N/c1-24-21-14-8-7-13-19(21)22(16-9-3-2-4-10-16)20-15-17-11-5-6-12-18(17)23(20)24/h2-14,20,22-23H,15H2,1H3/t20-,22-,23-/m0/s1. The molecule has 1 aliphatic carbocycles. The second-order valence-corrected chi connectivity index (χ2v) is 7.07. The molecular formula is C23H21N. The highest BCUT2D eigenvalue weighted by Gasteiger charge is 2.45. The van der Waals surface area contributed by atoms with Crippen molar-refractivity contribution in [1.82, 2.24) is 0 Å². The van der Waals surface area contributed by atoms with Crippen LogP contribution >= 0.6 is 0 Å². The summed E-state index contributed by atoms with van der Waals surface area (Å²) in [5, 5.41) is 0. The first kappa shape index (κ1) is 13.9. The van der Waals surface area contributed by atoms with Crippen LogP contribution in [-0.4, -0.2) is 7.05 Å². The lowest BCUT2D eigenvalue weighted by Gasteiger charge is -2.43. The Hall–Kier alpha value is -2.54. The fourth-order valence-corrected chi connectivity index (χ4v) is 4.94. The molecule has 0 amide bonds. The Morgan fingerprint density at radius 2 is 1.42 bits per heavy atom. The van der Waals surface area contributed by atoms with Gasteiger partial charge in [-0.1, -0.05) is 72.8 Å². The van der Waals surface area contributed by atoms with Crippen molar-refractivity contribution in [1.29, 1.82) is 0 Å². The summed E-state index contributed by atoms with van der Waals surface area (Å²) in [7, 11) is 2.26. The van der Waals surface area contributed by atoms with Crippen LogP contribution in [0.2, 0.25) is 0 Å². The number of anilines is 1. The van der Waals surface area contributed by atoms with E-state index >= 15 is 0 Å². The van der Waals surface area contributed by atoms with Gasteiger partial charge >= 0.3 is 0 Å². The van der Waals surface area contributed by atoms with Gasteiger partial charge in [0.1, 0.15) is 0 Å². The molecule has 1 aliphatic heterocycles. The maximum absolute atomic E-state index is 2.51. The van der Waals surface area contributed by atoms with Crippen LogP contribution in [0.1, 0.15) is 34.2 Å². The minimum Gasteiger partial charge on any atom is -0.367 e. The maximum atomic E-state index is 2.51. The SMILES string of the molecule is CN1c2ccccc2[C@H](c2ccccc2)[C@@H]2Cc3ccccc3[C@@H]21. The number of rotatable bonds is 1. The van der Waals surface area contributed by atoms with Gasteiger partial charge in [0.05, 0.1) is 6.04 Å². The molecule has 0 aromatic heterocycles. The van der Waals surface area contributed by atoms with E-state index in [0.717, 1.165) is 0 Å². The summed E-state index contributed by atoms with van der Waals surface area (Å²) in [6, 6.07) is 29.5. The summed E-state index contributed by atoms with van der Waals surface area (Å²) in [6.45, 7) is 0. The monoisotopic (exact) mass is 311 g/mol. The molecule has 24 heavy (non-hydrogen) atoms. The fraction of sp³-hybridized carbons (Fsp3) is 0.217. The summed E-state index contributed by atoms with van der Waals surface area (Å²) >= 11 is 0. The van der Waals surface area contributed by atoms with Gasteiger partial charge < -0.3 is 4.90 Å². The minimum atomic E-state index is 0.469. The van der Waals surface area contributed by atoms with E-state index in [0.29, 0.717) is 17.9 Å². The topological polar surface area (TPSA) is 3.24 Å². The van der Waals surface area contributed by atoms with E-state index in [-0.39, 0.29) is 0 Å². The van der Waals surface area contributed by atoms with Crippen molar-refractivity contribution in [2.24, 2.45) is 5.92 Å². The molecule has 0 saturated heterocycles. The highest BCUT2D eigenvalue weighted by atomic mass is 15.2. The first-order valence-electron chi connectivity index (χ1n) is 8.79. The summed E-state index contributed by atoms with van der Waals surface area (Å²) in [4.78, 5) is 2.51. The third-order valence-corrected chi connectivity index (χ3v) is 5.89. The molecule has 0 N–H and O–H groups in total. The van der Waals surface area contributed by atoms with E-state index in [4.69, 9.17) is 0 Å². The van der Waals surface area contributed by atoms with E-state index in [1.165, 1.54) is 34.4 Å². The van der Waals surface area contributed by atoms with Crippen LogP contribution < -0.4 is 4.90 Å². The van der Waals surface area contributed by atoms with Crippen LogP contribution in [0.25, 0.3) is 0 Å². The molecule has 118 valence electrons. The smallest absolute Gasteiger partial charge is 0.0582 e. The van der Waals surface area contributed by atoms with Gasteiger partial charge in [-0.25, -0.2) is 0 Å². The van der Waals surface area contributed by atoms with E-state index < -0.39 is 0 Å². The third kappa shape index (κ3) is 1.88. The van der Waals surface area contributed by atoms with Gasteiger partial charge in [-0.3, -0.25) is 0 Å². The normalized spacial score (nSPS) is 24.2. The number of hydrogen-bond acceptors (Lipinski definition) is 1. The quantitative estimate of drug-likeness (QED) is 0.598. The summed E-state index contributed by atoms with van der Waals surface area (Å²) in [5.74, 6) is 1.07. The highest BCUT2D eigenvalue weighted by Crippen LogP contribution is 2.55. The Labute approximate surface area is 143 Å². The van der Waals surface area contributed by atoms with Crippen LogP contribution in [0.3, 0.4) is 0 Å². The lowest BCUT2D eigenvalue weighted by molar-refractivity contribution is 0.385. The van der Waals surface area contributed by atoms with Gasteiger partial charge in [0.15, 0.2) is 0 Å². The molecule has 0 radical (unpaired) electrons. The number of para-hydroxylation sites is 1. The molecule has 3 aromatic rings. The largest absolute Gasteiger partial charge is 0.367 e. The Bertz CT molecular complexity index is 883. The van der Waals surface area contributed by atoms with Crippen molar-refractivity contribution in [3.63, 3.8) is 0 Å². The Morgan fingerprint density at radius 3 is 2.25 bits per heavy atom. The molecule has 1 heterocycles. The molecular weight excluding hydrogens is 290 g/mol. The summed E-state index contributed by atoms with van der Waals surface area (Å²) < 4.78 is 0. The Morgan fingerprint density at radius 1 is 0.750 bits per heavy atom. The molecule has 0 bridgehead atoms. The molecule has 0 fully saturated rings. The molecule has 0 unspecified atom stereocenters. The second kappa shape index (κ2) is 5.24. The molecule has 0 saturated carbocycles. The molecule has 3 atom stereocenters. The van der Waals surface area contributed by atoms with Crippen molar-refractivity contribution in [2.75, 3.05) is 11.9 Å². The van der Waals surface area contributed by atoms with Crippen molar-refractivity contribution in [3.05, 3.63) is 101 Å². The van der Waals surface area contributed by atoms with Crippen molar-refractivity contribution in [3.8, 4) is 0 Å². The fourth-order valence-electron chi connectivity index (χ4n) is 4.94. The average molecular weight is 311 g/mol. The van der Waals surface area contributed by atoms with Gasteiger partial charge in [0.2, 0.25) is 0 Å². The molecule has 0 spiro atoms. The van der Waals surface area contributed by atoms with Gasteiger partial charge in [-0.05, 0) is 40.7 Å². The minimum absolute atomic E-state index is 0.469. The predicted octanol–water partition coefficient (Wildman–Crippen LogP) is 5.18. The first-order valence-corrected chi connectivity index (χ1v) is 8.79. The maximum Gasteiger partial charge on any atom is 0.0582 e. The van der Waals surface area contributed by atoms with Crippen molar-refractivity contribution in [2.45, 2.75) is 18.4 Å².